The van der Waals surface area contributed by atoms with Gasteiger partial charge < -0.3 is 4.74 Å². The van der Waals surface area contributed by atoms with Gasteiger partial charge in [0.2, 0.25) is 0 Å². The quantitative estimate of drug-likeness (QED) is 0.726. The van der Waals surface area contributed by atoms with E-state index < -0.39 is 21.1 Å². The number of nitrogens with zero attached hydrogens (tertiary/aromatic N) is 2. The molecule has 16 heavy (non-hydrogen) atoms. The highest BCUT2D eigenvalue weighted by atomic mass is 32.2. The minimum Gasteiger partial charge on any atom is -0.464 e. The summed E-state index contributed by atoms with van der Waals surface area (Å²) in [7, 11) is -1.99. The fraction of sp³-hybridized carbons (Fsp3) is 0.625. The lowest BCUT2D eigenvalue weighted by Gasteiger charge is -2.06. The van der Waals surface area contributed by atoms with Gasteiger partial charge in [-0.05, 0) is 12.8 Å². The molecule has 2 rings (SSSR count). The maximum atomic E-state index is 11.7. The maximum absolute atomic E-state index is 11.7. The van der Waals surface area contributed by atoms with Gasteiger partial charge in [0.25, 0.3) is 0 Å². The Bertz CT molecular complexity index is 507. The van der Waals surface area contributed by atoms with Crippen LogP contribution >= 0.6 is 0 Å². The Morgan fingerprint density at radius 2 is 2.25 bits per heavy atom. The van der Waals surface area contributed by atoms with Crippen molar-refractivity contribution in [3.63, 3.8) is 0 Å². The second-order valence-electron chi connectivity index (χ2n) is 3.55. The average Bonchev–Trinajstić information content (AvgIpc) is 2.82. The van der Waals surface area contributed by atoms with Crippen molar-refractivity contribution in [2.45, 2.75) is 18.1 Å². The van der Waals surface area contributed by atoms with Crippen molar-refractivity contribution in [3.05, 3.63) is 11.4 Å². The van der Waals surface area contributed by atoms with Gasteiger partial charge in [-0.25, -0.2) is 13.2 Å². The zero-order chi connectivity index (χ0) is 11.8. The van der Waals surface area contributed by atoms with Crippen LogP contribution in [0.4, 0.5) is 0 Å². The fourth-order valence-corrected chi connectivity index (χ4v) is 3.69. The molecule has 1 aromatic heterocycles. The van der Waals surface area contributed by atoms with Crippen molar-refractivity contribution in [2.24, 2.45) is 0 Å². The minimum absolute atomic E-state index is 0.0435. The van der Waals surface area contributed by atoms with Crippen molar-refractivity contribution in [3.8, 4) is 0 Å². The summed E-state index contributed by atoms with van der Waals surface area (Å²) in [6.45, 7) is 0. The van der Waals surface area contributed by atoms with E-state index in [0.29, 0.717) is 12.8 Å². The Balaban J connectivity index is 2.42. The van der Waals surface area contributed by atoms with Gasteiger partial charge in [-0.2, -0.15) is 10.3 Å². The molecule has 0 spiro atoms. The van der Waals surface area contributed by atoms with Gasteiger partial charge in [-0.15, -0.1) is 5.10 Å². The van der Waals surface area contributed by atoms with Crippen LogP contribution in [-0.2, 0) is 14.6 Å². The van der Waals surface area contributed by atoms with Crippen molar-refractivity contribution < 1.29 is 17.9 Å². The fourth-order valence-electron chi connectivity index (χ4n) is 1.81. The lowest BCUT2D eigenvalue weighted by molar-refractivity contribution is 0.0592. The first-order chi connectivity index (χ1) is 7.56. The van der Waals surface area contributed by atoms with E-state index in [4.69, 9.17) is 0 Å². The molecule has 0 radical (unpaired) electrons. The first-order valence-electron chi connectivity index (χ1n) is 4.77. The summed E-state index contributed by atoms with van der Waals surface area (Å²) in [6, 6.07) is 0. The first kappa shape index (κ1) is 11.1. The molecule has 88 valence electrons. The number of esters is 1. The molecule has 7 nitrogen and oxygen atoms in total. The predicted molar refractivity (Wildman–Crippen MR) is 53.5 cm³/mol. The van der Waals surface area contributed by atoms with Crippen LogP contribution in [-0.4, -0.2) is 42.7 Å². The molecule has 0 saturated carbocycles. The number of hydrogen-bond acceptors (Lipinski definition) is 6. The molecule has 1 aliphatic rings. The van der Waals surface area contributed by atoms with Gasteiger partial charge in [0, 0.05) is 0 Å². The topological polar surface area (TPSA) is 102 Å². The number of nitrogens with one attached hydrogen (secondary N) is 1. The SMILES string of the molecule is COC(=O)c1n[nH]nc1C1CCCS1(=O)=O. The third-order valence-corrected chi connectivity index (χ3v) is 4.77. The molecule has 0 aliphatic carbocycles. The van der Waals surface area contributed by atoms with Crippen molar-refractivity contribution in [2.75, 3.05) is 12.9 Å². The summed E-state index contributed by atoms with van der Waals surface area (Å²) in [4.78, 5) is 11.3. The lowest BCUT2D eigenvalue weighted by Crippen LogP contribution is -2.13. The average molecular weight is 245 g/mol. The standard InChI is InChI=1S/C8H11N3O4S/c1-15-8(12)7-6(9-11-10-7)5-3-2-4-16(5,13)14/h5H,2-4H2,1H3,(H,9,10,11). The van der Waals surface area contributed by atoms with E-state index in [1.165, 1.54) is 7.11 Å². The van der Waals surface area contributed by atoms with Gasteiger partial charge in [-0.3, -0.25) is 0 Å². The normalized spacial score (nSPS) is 23.2. The molecule has 1 unspecified atom stereocenters. The Morgan fingerprint density at radius 1 is 1.50 bits per heavy atom. The summed E-state index contributed by atoms with van der Waals surface area (Å²) in [5.41, 5.74) is 0.127. The summed E-state index contributed by atoms with van der Waals surface area (Å²) in [5.74, 6) is -0.545. The van der Waals surface area contributed by atoms with E-state index >= 15 is 0 Å². The molecule has 1 atom stereocenters. The molecule has 1 aliphatic heterocycles. The van der Waals surface area contributed by atoms with Crippen LogP contribution in [0.2, 0.25) is 0 Å². The van der Waals surface area contributed by atoms with E-state index in [0.717, 1.165) is 0 Å². The number of hydrogen-bond donors (Lipinski definition) is 1. The molecule has 1 saturated heterocycles. The number of carbonyl (C=O) groups is 1. The van der Waals surface area contributed by atoms with Crippen molar-refractivity contribution in [1.29, 1.82) is 0 Å². The van der Waals surface area contributed by atoms with Gasteiger partial charge in [0.15, 0.2) is 15.5 Å². The molecule has 0 aromatic carbocycles. The first-order valence-corrected chi connectivity index (χ1v) is 6.48. The number of carbonyl (C=O) groups excluding carboxylic acids is 1. The highest BCUT2D eigenvalue weighted by molar-refractivity contribution is 7.91. The van der Waals surface area contributed by atoms with E-state index in [2.05, 4.69) is 20.1 Å². The molecule has 1 aromatic rings. The monoisotopic (exact) mass is 245 g/mol. The summed E-state index contributed by atoms with van der Waals surface area (Å²) < 4.78 is 27.9. The zero-order valence-electron chi connectivity index (χ0n) is 8.63. The van der Waals surface area contributed by atoms with E-state index in [1.807, 2.05) is 0 Å². The molecule has 1 fully saturated rings. The molecular weight excluding hydrogens is 234 g/mol. The second-order valence-corrected chi connectivity index (χ2v) is 5.85. The highest BCUT2D eigenvalue weighted by Crippen LogP contribution is 2.34. The second kappa shape index (κ2) is 3.85. The zero-order valence-corrected chi connectivity index (χ0v) is 9.45. The third-order valence-electron chi connectivity index (χ3n) is 2.59. The summed E-state index contributed by atoms with van der Waals surface area (Å²) in [5, 5.41) is 8.90. The Labute approximate surface area is 92.1 Å². The van der Waals surface area contributed by atoms with E-state index in [-0.39, 0.29) is 17.1 Å². The minimum atomic E-state index is -3.20. The molecule has 8 heteroatoms. The molecular formula is C8H11N3O4S. The van der Waals surface area contributed by atoms with Gasteiger partial charge >= 0.3 is 5.97 Å². The number of aromatic amines is 1. The molecule has 2 heterocycles. The molecule has 0 bridgehead atoms. The van der Waals surface area contributed by atoms with E-state index in [9.17, 15) is 13.2 Å². The largest absolute Gasteiger partial charge is 0.464 e. The Hall–Kier alpha value is -1.44. The number of methoxy groups -OCH3 is 1. The van der Waals surface area contributed by atoms with Gasteiger partial charge in [0.05, 0.1) is 12.9 Å². The smallest absolute Gasteiger partial charge is 0.360 e. The number of sulfone groups is 1. The van der Waals surface area contributed by atoms with Crippen LogP contribution in [0.5, 0.6) is 0 Å². The van der Waals surface area contributed by atoms with Crippen molar-refractivity contribution in [1.82, 2.24) is 15.4 Å². The van der Waals surface area contributed by atoms with Crippen LogP contribution < -0.4 is 0 Å². The summed E-state index contributed by atoms with van der Waals surface area (Å²) in [6.07, 6.45) is 1.05. The Kier molecular flexibility index (Phi) is 2.66. The van der Waals surface area contributed by atoms with Crippen LogP contribution in [0.25, 0.3) is 0 Å². The van der Waals surface area contributed by atoms with Crippen LogP contribution in [0.1, 0.15) is 34.3 Å². The number of ether oxygens (including phenoxy) is 1. The summed E-state index contributed by atoms with van der Waals surface area (Å²) >= 11 is 0. The molecule has 1 N–H and O–H groups in total. The van der Waals surface area contributed by atoms with Crippen LogP contribution in [0.3, 0.4) is 0 Å². The van der Waals surface area contributed by atoms with Crippen LogP contribution in [0, 0.1) is 0 Å². The number of H-pyrrole nitrogens is 1. The highest BCUT2D eigenvalue weighted by Gasteiger charge is 2.38. The van der Waals surface area contributed by atoms with E-state index in [1.54, 1.807) is 0 Å². The number of aromatic nitrogens is 3. The van der Waals surface area contributed by atoms with Crippen LogP contribution in [0.15, 0.2) is 0 Å². The van der Waals surface area contributed by atoms with Gasteiger partial charge in [-0.1, -0.05) is 0 Å². The molecule has 0 amide bonds. The van der Waals surface area contributed by atoms with Gasteiger partial charge in [0.1, 0.15) is 10.9 Å². The Morgan fingerprint density at radius 3 is 2.81 bits per heavy atom. The lowest BCUT2D eigenvalue weighted by atomic mass is 10.1. The maximum Gasteiger partial charge on any atom is 0.360 e. The number of rotatable bonds is 2. The van der Waals surface area contributed by atoms with Crippen molar-refractivity contribution >= 4 is 15.8 Å². The third kappa shape index (κ3) is 1.69. The predicted octanol–water partition coefficient (Wildman–Crippen LogP) is -0.159.